The first kappa shape index (κ1) is 21.6. The first-order valence-electron chi connectivity index (χ1n) is 10.3. The largest absolute Gasteiger partial charge is 0.301 e. The van der Waals surface area contributed by atoms with Gasteiger partial charge in [0.05, 0.1) is 11.1 Å². The number of rotatable bonds is 3. The standard InChI is InChI=1S/C25H19Br2N3OS/c1-32-25-29-23-21(24(31)30-25)20(15-7-11-18(27)12-8-15)19-4-2-3-16(22(19)28-23)13-14-5-9-17(26)10-6-14/h5-13H,2-4H2,1H3,(H,28,29,30,31)/b16-13+. The van der Waals surface area contributed by atoms with Crippen LogP contribution in [0.2, 0.25) is 0 Å². The van der Waals surface area contributed by atoms with Gasteiger partial charge in [0.15, 0.2) is 10.8 Å². The van der Waals surface area contributed by atoms with Crippen molar-refractivity contribution in [3.63, 3.8) is 0 Å². The van der Waals surface area contributed by atoms with Crippen molar-refractivity contribution in [2.24, 2.45) is 0 Å². The molecule has 0 radical (unpaired) electrons. The summed E-state index contributed by atoms with van der Waals surface area (Å²) < 4.78 is 2.05. The predicted molar refractivity (Wildman–Crippen MR) is 140 cm³/mol. The number of halogens is 2. The molecule has 0 amide bonds. The summed E-state index contributed by atoms with van der Waals surface area (Å²) in [5.41, 5.74) is 6.70. The molecule has 1 aliphatic carbocycles. The minimum Gasteiger partial charge on any atom is -0.301 e. The normalized spacial score (nSPS) is 14.7. The lowest BCUT2D eigenvalue weighted by Crippen LogP contribution is -2.16. The molecule has 2 aromatic carbocycles. The number of pyridine rings is 1. The third kappa shape index (κ3) is 4.09. The van der Waals surface area contributed by atoms with Crippen molar-refractivity contribution < 1.29 is 0 Å². The molecule has 0 spiro atoms. The molecule has 7 heteroatoms. The molecule has 0 unspecified atom stereocenters. The van der Waals surface area contributed by atoms with Gasteiger partial charge in [-0.05, 0) is 78.1 Å². The van der Waals surface area contributed by atoms with Crippen molar-refractivity contribution in [2.75, 3.05) is 6.26 Å². The molecule has 0 bridgehead atoms. The second kappa shape index (κ2) is 8.96. The van der Waals surface area contributed by atoms with E-state index in [4.69, 9.17) is 4.98 Å². The molecule has 2 heterocycles. The van der Waals surface area contributed by atoms with Gasteiger partial charge in [0.2, 0.25) is 0 Å². The van der Waals surface area contributed by atoms with Gasteiger partial charge in [-0.25, -0.2) is 9.97 Å². The van der Waals surface area contributed by atoms with Crippen LogP contribution in [0.3, 0.4) is 0 Å². The van der Waals surface area contributed by atoms with Crippen molar-refractivity contribution in [3.8, 4) is 11.1 Å². The number of aromatic amines is 1. The van der Waals surface area contributed by atoms with Gasteiger partial charge in [0, 0.05) is 14.5 Å². The van der Waals surface area contributed by atoms with Gasteiger partial charge in [-0.2, -0.15) is 0 Å². The number of thioether (sulfide) groups is 1. The van der Waals surface area contributed by atoms with E-state index in [1.54, 1.807) is 0 Å². The highest BCUT2D eigenvalue weighted by Gasteiger charge is 2.25. The number of H-pyrrole nitrogens is 1. The summed E-state index contributed by atoms with van der Waals surface area (Å²) in [7, 11) is 0. The summed E-state index contributed by atoms with van der Waals surface area (Å²) in [6.07, 6.45) is 6.94. The Morgan fingerprint density at radius 2 is 1.66 bits per heavy atom. The molecule has 0 aliphatic heterocycles. The molecule has 0 fully saturated rings. The van der Waals surface area contributed by atoms with E-state index >= 15 is 0 Å². The van der Waals surface area contributed by atoms with E-state index in [1.165, 1.54) is 17.3 Å². The number of nitrogens with zero attached hydrogens (tertiary/aromatic N) is 2. The molecule has 5 rings (SSSR count). The maximum atomic E-state index is 13.1. The molecule has 0 saturated heterocycles. The summed E-state index contributed by atoms with van der Waals surface area (Å²) in [6.45, 7) is 0. The van der Waals surface area contributed by atoms with Crippen molar-refractivity contribution in [1.82, 2.24) is 15.0 Å². The number of hydrogen-bond donors (Lipinski definition) is 1. The molecule has 0 atom stereocenters. The van der Waals surface area contributed by atoms with E-state index in [9.17, 15) is 4.79 Å². The highest BCUT2D eigenvalue weighted by Crippen LogP contribution is 2.40. The van der Waals surface area contributed by atoms with E-state index < -0.39 is 0 Å². The van der Waals surface area contributed by atoms with Crippen LogP contribution >= 0.6 is 43.6 Å². The van der Waals surface area contributed by atoms with E-state index in [2.05, 4.69) is 60.0 Å². The van der Waals surface area contributed by atoms with Crippen LogP contribution in [0.4, 0.5) is 0 Å². The maximum absolute atomic E-state index is 13.1. The Kier molecular flexibility index (Phi) is 6.05. The fourth-order valence-electron chi connectivity index (χ4n) is 4.21. The third-order valence-corrected chi connectivity index (χ3v) is 7.29. The summed E-state index contributed by atoms with van der Waals surface area (Å²) in [4.78, 5) is 25.7. The van der Waals surface area contributed by atoms with Crippen LogP contribution in [0.25, 0.3) is 33.8 Å². The molecule has 160 valence electrons. The number of hydrogen-bond acceptors (Lipinski definition) is 4. The second-order valence-corrected chi connectivity index (χ2v) is 10.3. The van der Waals surface area contributed by atoms with Crippen molar-refractivity contribution in [2.45, 2.75) is 24.4 Å². The summed E-state index contributed by atoms with van der Waals surface area (Å²) in [5, 5.41) is 1.14. The Balaban J connectivity index is 1.82. The van der Waals surface area contributed by atoms with Crippen LogP contribution in [-0.2, 0) is 6.42 Å². The molecule has 4 nitrogen and oxygen atoms in total. The quantitative estimate of drug-likeness (QED) is 0.211. The summed E-state index contributed by atoms with van der Waals surface area (Å²) >= 11 is 8.44. The van der Waals surface area contributed by atoms with Crippen molar-refractivity contribution >= 4 is 66.3 Å². The number of benzene rings is 2. The monoisotopic (exact) mass is 567 g/mol. The minimum atomic E-state index is -0.142. The number of nitrogens with one attached hydrogen (secondary N) is 1. The SMILES string of the molecule is CSc1nc2nc3c(c(-c4ccc(Br)cc4)c2c(=O)[nH]1)CCC/C3=C\c1ccc(Br)cc1. The van der Waals surface area contributed by atoms with Crippen LogP contribution in [0.1, 0.15) is 29.7 Å². The van der Waals surface area contributed by atoms with Crippen molar-refractivity contribution in [3.05, 3.63) is 84.7 Å². The first-order chi connectivity index (χ1) is 15.5. The van der Waals surface area contributed by atoms with Crippen molar-refractivity contribution in [1.29, 1.82) is 0 Å². The predicted octanol–water partition coefficient (Wildman–Crippen LogP) is 7.11. The van der Waals surface area contributed by atoms with Gasteiger partial charge < -0.3 is 4.98 Å². The van der Waals surface area contributed by atoms with E-state index in [0.717, 1.165) is 56.2 Å². The van der Waals surface area contributed by atoms with Gasteiger partial charge >= 0.3 is 0 Å². The molecular formula is C25H19Br2N3OS. The van der Waals surface area contributed by atoms with Crippen LogP contribution in [0.15, 0.2) is 67.4 Å². The zero-order valence-corrected chi connectivity index (χ0v) is 21.3. The van der Waals surface area contributed by atoms with E-state index in [1.807, 2.05) is 42.7 Å². The molecular weight excluding hydrogens is 550 g/mol. The van der Waals surface area contributed by atoms with Crippen LogP contribution < -0.4 is 5.56 Å². The Bertz CT molecular complexity index is 1410. The highest BCUT2D eigenvalue weighted by atomic mass is 79.9. The molecule has 1 aliphatic rings. The van der Waals surface area contributed by atoms with E-state index in [0.29, 0.717) is 16.2 Å². The average Bonchev–Trinajstić information content (AvgIpc) is 2.80. The molecule has 1 N–H and O–H groups in total. The lowest BCUT2D eigenvalue weighted by Gasteiger charge is -2.23. The topological polar surface area (TPSA) is 58.6 Å². The van der Waals surface area contributed by atoms with Gasteiger partial charge in [0.25, 0.3) is 5.56 Å². The molecule has 0 saturated carbocycles. The fraction of sp³-hybridized carbons (Fsp3) is 0.160. The molecule has 4 aromatic rings. The summed E-state index contributed by atoms with van der Waals surface area (Å²) in [6, 6.07) is 16.4. The zero-order valence-electron chi connectivity index (χ0n) is 17.3. The lowest BCUT2D eigenvalue weighted by molar-refractivity contribution is 0.813. The van der Waals surface area contributed by atoms with Crippen LogP contribution in [-0.4, -0.2) is 21.2 Å². The zero-order chi connectivity index (χ0) is 22.2. The fourth-order valence-corrected chi connectivity index (χ4v) is 5.11. The lowest BCUT2D eigenvalue weighted by atomic mass is 9.84. The Labute approximate surface area is 206 Å². The Morgan fingerprint density at radius 1 is 0.969 bits per heavy atom. The first-order valence-corrected chi connectivity index (χ1v) is 13.1. The molecule has 2 aromatic heterocycles. The maximum Gasteiger partial charge on any atom is 0.261 e. The highest BCUT2D eigenvalue weighted by molar-refractivity contribution is 9.10. The summed E-state index contributed by atoms with van der Waals surface area (Å²) in [5.74, 6) is 0. The van der Waals surface area contributed by atoms with Crippen LogP contribution in [0.5, 0.6) is 0 Å². The van der Waals surface area contributed by atoms with Crippen LogP contribution in [0, 0.1) is 0 Å². The molecule has 32 heavy (non-hydrogen) atoms. The smallest absolute Gasteiger partial charge is 0.261 e. The number of fused-ring (bicyclic) bond motifs is 2. The Morgan fingerprint density at radius 3 is 2.34 bits per heavy atom. The van der Waals surface area contributed by atoms with Gasteiger partial charge in [-0.1, -0.05) is 67.9 Å². The third-order valence-electron chi connectivity index (χ3n) is 5.65. The van der Waals surface area contributed by atoms with E-state index in [-0.39, 0.29) is 5.56 Å². The average molecular weight is 569 g/mol. The minimum absolute atomic E-state index is 0.142. The van der Waals surface area contributed by atoms with Gasteiger partial charge in [0.1, 0.15) is 0 Å². The number of aromatic nitrogens is 3. The number of allylic oxidation sites excluding steroid dienone is 1. The van der Waals surface area contributed by atoms with Gasteiger partial charge in [-0.3, -0.25) is 4.79 Å². The van der Waals surface area contributed by atoms with Gasteiger partial charge in [-0.15, -0.1) is 0 Å². The second-order valence-electron chi connectivity index (χ2n) is 7.67. The Hall–Kier alpha value is -2.22.